The van der Waals surface area contributed by atoms with E-state index < -0.39 is 0 Å². The number of aromatic nitrogens is 2. The van der Waals surface area contributed by atoms with Gasteiger partial charge in [0.15, 0.2) is 11.5 Å². The zero-order chi connectivity index (χ0) is 19.5. The van der Waals surface area contributed by atoms with E-state index >= 15 is 0 Å². The summed E-state index contributed by atoms with van der Waals surface area (Å²) in [6, 6.07) is 5.93. The van der Waals surface area contributed by atoms with Crippen LogP contribution in [0, 0.1) is 6.92 Å². The molecule has 1 atom stereocenters. The van der Waals surface area contributed by atoms with Gasteiger partial charge in [0.05, 0.1) is 12.6 Å². The number of carbonyl (C=O) groups excluding carboxylic acids is 1. The normalized spacial score (nSPS) is 19.4. The molecule has 0 spiro atoms. The monoisotopic (exact) mass is 384 g/mol. The van der Waals surface area contributed by atoms with Gasteiger partial charge in [-0.1, -0.05) is 6.07 Å². The van der Waals surface area contributed by atoms with E-state index in [2.05, 4.69) is 22.2 Å². The van der Waals surface area contributed by atoms with Gasteiger partial charge in [0, 0.05) is 37.4 Å². The summed E-state index contributed by atoms with van der Waals surface area (Å²) < 4.78 is 12.6. The quantitative estimate of drug-likeness (QED) is 0.856. The Bertz CT molecular complexity index is 848. The van der Waals surface area contributed by atoms with Crippen LogP contribution in [0.4, 0.5) is 0 Å². The van der Waals surface area contributed by atoms with Gasteiger partial charge < -0.3 is 14.8 Å². The van der Waals surface area contributed by atoms with Crippen LogP contribution in [0.15, 0.2) is 24.4 Å². The molecular weight excluding hydrogens is 356 g/mol. The summed E-state index contributed by atoms with van der Waals surface area (Å²) in [7, 11) is 1.98. The van der Waals surface area contributed by atoms with E-state index in [1.807, 2.05) is 36.1 Å². The fourth-order valence-corrected chi connectivity index (χ4v) is 3.91. The predicted molar refractivity (Wildman–Crippen MR) is 105 cm³/mol. The Labute approximate surface area is 165 Å². The van der Waals surface area contributed by atoms with Gasteiger partial charge in [-0.3, -0.25) is 14.4 Å². The number of ether oxygens (including phenoxy) is 2. The zero-order valence-corrected chi connectivity index (χ0v) is 16.6. The third-order valence-corrected chi connectivity index (χ3v) is 5.72. The summed E-state index contributed by atoms with van der Waals surface area (Å²) in [5.74, 6) is 1.54. The highest BCUT2D eigenvalue weighted by Gasteiger charge is 2.20. The Morgan fingerprint density at radius 1 is 1.25 bits per heavy atom. The molecule has 0 bridgehead atoms. The lowest BCUT2D eigenvalue weighted by molar-refractivity contribution is -0.121. The number of nitrogens with one attached hydrogen (secondary N) is 1. The standard InChI is InChI=1S/C21H28N4O3/c1-15-17(12-22-24(15)2)13-25-8-3-4-18(7-9-25)23-21(26)11-16-5-6-19-20(10-16)28-14-27-19/h5-6,10,12,18H,3-4,7-9,11,13-14H2,1-2H3,(H,23,26)/t18-/m0/s1. The van der Waals surface area contributed by atoms with Crippen LogP contribution in [0.1, 0.15) is 36.1 Å². The lowest BCUT2D eigenvalue weighted by Crippen LogP contribution is -2.36. The molecule has 150 valence electrons. The first kappa shape index (κ1) is 18.8. The summed E-state index contributed by atoms with van der Waals surface area (Å²) >= 11 is 0. The maximum absolute atomic E-state index is 12.5. The fourth-order valence-electron chi connectivity index (χ4n) is 3.91. The zero-order valence-electron chi connectivity index (χ0n) is 16.6. The number of carbonyl (C=O) groups is 1. The topological polar surface area (TPSA) is 68.6 Å². The summed E-state index contributed by atoms with van der Waals surface area (Å²) in [6.45, 7) is 5.34. The van der Waals surface area contributed by atoms with E-state index in [0.717, 1.165) is 56.0 Å². The average molecular weight is 384 g/mol. The lowest BCUT2D eigenvalue weighted by Gasteiger charge is -2.20. The van der Waals surface area contributed by atoms with Gasteiger partial charge in [0.2, 0.25) is 12.7 Å². The third kappa shape index (κ3) is 4.30. The Balaban J connectivity index is 1.27. The number of benzene rings is 1. The van der Waals surface area contributed by atoms with E-state index in [1.165, 1.54) is 11.3 Å². The molecule has 1 amide bonds. The van der Waals surface area contributed by atoms with Crippen LogP contribution in [-0.2, 0) is 24.8 Å². The first-order valence-corrected chi connectivity index (χ1v) is 9.96. The van der Waals surface area contributed by atoms with Crippen molar-refractivity contribution in [3.63, 3.8) is 0 Å². The number of amides is 1. The number of hydrogen-bond donors (Lipinski definition) is 1. The highest BCUT2D eigenvalue weighted by Crippen LogP contribution is 2.32. The summed E-state index contributed by atoms with van der Waals surface area (Å²) in [5, 5.41) is 7.56. The minimum absolute atomic E-state index is 0.0698. The van der Waals surface area contributed by atoms with Crippen molar-refractivity contribution in [1.29, 1.82) is 0 Å². The largest absolute Gasteiger partial charge is 0.454 e. The van der Waals surface area contributed by atoms with Crippen molar-refractivity contribution < 1.29 is 14.3 Å². The molecule has 7 heteroatoms. The fraction of sp³-hybridized carbons (Fsp3) is 0.524. The summed E-state index contributed by atoms with van der Waals surface area (Å²) in [5.41, 5.74) is 3.45. The van der Waals surface area contributed by atoms with Gasteiger partial charge in [0.25, 0.3) is 0 Å². The Morgan fingerprint density at radius 3 is 2.93 bits per heavy atom. The number of rotatable bonds is 5. The van der Waals surface area contributed by atoms with Crippen molar-refractivity contribution in [2.45, 2.75) is 45.2 Å². The maximum atomic E-state index is 12.5. The highest BCUT2D eigenvalue weighted by atomic mass is 16.7. The van der Waals surface area contributed by atoms with Crippen molar-refractivity contribution >= 4 is 5.91 Å². The molecule has 0 saturated carbocycles. The molecule has 3 heterocycles. The molecule has 1 aromatic heterocycles. The molecule has 2 aliphatic heterocycles. The van der Waals surface area contributed by atoms with Crippen LogP contribution in [-0.4, -0.2) is 46.5 Å². The van der Waals surface area contributed by atoms with Gasteiger partial charge >= 0.3 is 0 Å². The van der Waals surface area contributed by atoms with E-state index in [0.29, 0.717) is 6.42 Å². The second-order valence-electron chi connectivity index (χ2n) is 7.71. The van der Waals surface area contributed by atoms with Gasteiger partial charge in [-0.25, -0.2) is 0 Å². The molecule has 1 N–H and O–H groups in total. The molecule has 1 fully saturated rings. The van der Waals surface area contributed by atoms with E-state index in [9.17, 15) is 4.79 Å². The molecule has 0 radical (unpaired) electrons. The second kappa shape index (κ2) is 8.22. The minimum Gasteiger partial charge on any atom is -0.454 e. The van der Waals surface area contributed by atoms with Crippen LogP contribution in [0.5, 0.6) is 11.5 Å². The molecule has 0 unspecified atom stereocenters. The van der Waals surface area contributed by atoms with Crippen LogP contribution in [0.2, 0.25) is 0 Å². The number of nitrogens with zero attached hydrogens (tertiary/aromatic N) is 3. The Hall–Kier alpha value is -2.54. The molecule has 1 saturated heterocycles. The minimum atomic E-state index is 0.0698. The van der Waals surface area contributed by atoms with Crippen LogP contribution in [0.3, 0.4) is 0 Å². The molecular formula is C21H28N4O3. The molecule has 4 rings (SSSR count). The summed E-state index contributed by atoms with van der Waals surface area (Å²) in [4.78, 5) is 15.0. The highest BCUT2D eigenvalue weighted by molar-refractivity contribution is 5.79. The van der Waals surface area contributed by atoms with Gasteiger partial charge in [-0.05, 0) is 50.4 Å². The molecule has 28 heavy (non-hydrogen) atoms. The van der Waals surface area contributed by atoms with E-state index in [4.69, 9.17) is 9.47 Å². The van der Waals surface area contributed by atoms with E-state index in [1.54, 1.807) is 0 Å². The summed E-state index contributed by atoms with van der Waals surface area (Å²) in [6.07, 6.45) is 5.42. The molecule has 2 aromatic rings. The van der Waals surface area contributed by atoms with E-state index in [-0.39, 0.29) is 18.7 Å². The second-order valence-corrected chi connectivity index (χ2v) is 7.71. The van der Waals surface area contributed by atoms with Crippen LogP contribution in [0.25, 0.3) is 0 Å². The van der Waals surface area contributed by atoms with Crippen molar-refractivity contribution in [1.82, 2.24) is 20.0 Å². The number of fused-ring (bicyclic) bond motifs is 1. The molecule has 1 aromatic carbocycles. The maximum Gasteiger partial charge on any atom is 0.231 e. The lowest BCUT2D eigenvalue weighted by atomic mass is 10.1. The van der Waals surface area contributed by atoms with Gasteiger partial charge in [-0.15, -0.1) is 0 Å². The SMILES string of the molecule is Cc1c(CN2CCC[C@H](NC(=O)Cc3ccc4c(c3)OCO4)CC2)cnn1C. The number of likely N-dealkylation sites (tertiary alicyclic amines) is 1. The number of hydrogen-bond acceptors (Lipinski definition) is 5. The Kier molecular flexibility index (Phi) is 5.52. The first-order valence-electron chi connectivity index (χ1n) is 9.96. The average Bonchev–Trinajstić information content (AvgIpc) is 3.19. The smallest absolute Gasteiger partial charge is 0.231 e. The van der Waals surface area contributed by atoms with Crippen molar-refractivity contribution in [2.24, 2.45) is 7.05 Å². The van der Waals surface area contributed by atoms with Crippen molar-refractivity contribution in [2.75, 3.05) is 19.9 Å². The predicted octanol–water partition coefficient (Wildman–Crippen LogP) is 2.17. The van der Waals surface area contributed by atoms with Crippen LogP contribution < -0.4 is 14.8 Å². The molecule has 0 aliphatic carbocycles. The molecule has 7 nitrogen and oxygen atoms in total. The van der Waals surface area contributed by atoms with Gasteiger partial charge in [0.1, 0.15) is 0 Å². The molecule has 2 aliphatic rings. The Morgan fingerprint density at radius 2 is 2.11 bits per heavy atom. The van der Waals surface area contributed by atoms with Crippen molar-refractivity contribution in [3.8, 4) is 11.5 Å². The third-order valence-electron chi connectivity index (χ3n) is 5.72. The van der Waals surface area contributed by atoms with Gasteiger partial charge in [-0.2, -0.15) is 5.10 Å². The number of aryl methyl sites for hydroxylation is 1. The first-order chi connectivity index (χ1) is 13.6. The van der Waals surface area contributed by atoms with Crippen LogP contribution >= 0.6 is 0 Å². The van der Waals surface area contributed by atoms with Crippen molar-refractivity contribution in [3.05, 3.63) is 41.2 Å².